The van der Waals surface area contributed by atoms with E-state index in [1.54, 1.807) is 12.1 Å². The average molecular weight is 248 g/mol. The molecule has 0 atom stereocenters. The van der Waals surface area contributed by atoms with Gasteiger partial charge in [0.05, 0.1) is 11.2 Å². The minimum absolute atomic E-state index is 0.0804. The first kappa shape index (κ1) is 13.0. The Hall–Kier alpha value is -1.44. The molecular weight excluding hydrogens is 231 g/mol. The number of likely N-dealkylation sites (tertiary alicyclic amines) is 1. The third-order valence-electron chi connectivity index (χ3n) is 3.31. The number of nitrogens with zero attached hydrogens (tertiary/aromatic N) is 2. The average Bonchev–Trinajstić information content (AvgIpc) is 2.30. The van der Waals surface area contributed by atoms with E-state index < -0.39 is 11.4 Å². The van der Waals surface area contributed by atoms with Gasteiger partial charge >= 0.3 is 0 Å². The lowest BCUT2D eigenvalue weighted by Crippen LogP contribution is -2.60. The Morgan fingerprint density at radius 1 is 1.50 bits per heavy atom. The van der Waals surface area contributed by atoms with Crippen molar-refractivity contribution in [1.82, 2.24) is 4.90 Å². The minimum atomic E-state index is -0.549. The molecule has 1 aromatic rings. The summed E-state index contributed by atoms with van der Waals surface area (Å²) in [5.41, 5.74) is 0.440. The van der Waals surface area contributed by atoms with E-state index in [9.17, 15) is 9.50 Å². The molecule has 0 spiro atoms. The van der Waals surface area contributed by atoms with Gasteiger partial charge in [0.15, 0.2) is 0 Å². The van der Waals surface area contributed by atoms with Crippen LogP contribution >= 0.6 is 0 Å². The highest BCUT2D eigenvalue weighted by atomic mass is 19.1. The first-order chi connectivity index (χ1) is 8.56. The lowest BCUT2D eigenvalue weighted by atomic mass is 9.89. The van der Waals surface area contributed by atoms with Gasteiger partial charge in [0.2, 0.25) is 0 Å². The van der Waals surface area contributed by atoms with E-state index in [-0.39, 0.29) is 5.56 Å². The number of aliphatic hydroxyl groups is 1. The standard InChI is InChI=1S/C14H17FN2O/c1-2-5-14(18)9-17(10-14)8-11-3-4-13(15)12(6-11)7-16/h3-4,6,18H,2,5,8-10H2,1H3. The van der Waals surface area contributed by atoms with E-state index in [4.69, 9.17) is 5.26 Å². The van der Waals surface area contributed by atoms with Gasteiger partial charge in [0.25, 0.3) is 0 Å². The highest BCUT2D eigenvalue weighted by molar-refractivity contribution is 5.34. The molecule has 0 aliphatic carbocycles. The molecule has 2 rings (SSSR count). The van der Waals surface area contributed by atoms with Gasteiger partial charge in [-0.25, -0.2) is 4.39 Å². The first-order valence-corrected chi connectivity index (χ1v) is 6.19. The minimum Gasteiger partial charge on any atom is -0.387 e. The molecule has 3 nitrogen and oxygen atoms in total. The largest absolute Gasteiger partial charge is 0.387 e. The summed E-state index contributed by atoms with van der Waals surface area (Å²) in [5.74, 6) is -0.479. The quantitative estimate of drug-likeness (QED) is 0.887. The molecule has 0 saturated carbocycles. The van der Waals surface area contributed by atoms with Crippen molar-refractivity contribution in [2.75, 3.05) is 13.1 Å². The molecule has 1 aliphatic rings. The summed E-state index contributed by atoms with van der Waals surface area (Å²) in [6, 6.07) is 6.43. The van der Waals surface area contributed by atoms with Crippen molar-refractivity contribution in [3.63, 3.8) is 0 Å². The summed E-state index contributed by atoms with van der Waals surface area (Å²) in [5, 5.41) is 18.8. The summed E-state index contributed by atoms with van der Waals surface area (Å²) in [6.45, 7) is 4.01. The van der Waals surface area contributed by atoms with Crippen LogP contribution in [0.15, 0.2) is 18.2 Å². The van der Waals surface area contributed by atoms with Crippen LogP contribution in [0.2, 0.25) is 0 Å². The highest BCUT2D eigenvalue weighted by Crippen LogP contribution is 2.27. The van der Waals surface area contributed by atoms with Crippen molar-refractivity contribution >= 4 is 0 Å². The van der Waals surface area contributed by atoms with Gasteiger partial charge in [-0.15, -0.1) is 0 Å². The molecule has 0 amide bonds. The lowest BCUT2D eigenvalue weighted by Gasteiger charge is -2.46. The number of rotatable bonds is 4. The Morgan fingerprint density at radius 2 is 2.22 bits per heavy atom. The maximum Gasteiger partial charge on any atom is 0.140 e. The van der Waals surface area contributed by atoms with Crippen molar-refractivity contribution < 1.29 is 9.50 Å². The molecule has 1 aromatic carbocycles. The van der Waals surface area contributed by atoms with Crippen molar-refractivity contribution in [3.8, 4) is 6.07 Å². The van der Waals surface area contributed by atoms with Gasteiger partial charge in [-0.1, -0.05) is 19.4 Å². The fourth-order valence-corrected chi connectivity index (χ4v) is 2.54. The van der Waals surface area contributed by atoms with Gasteiger partial charge in [0.1, 0.15) is 11.9 Å². The Labute approximate surface area is 106 Å². The Bertz CT molecular complexity index is 475. The van der Waals surface area contributed by atoms with Crippen molar-refractivity contribution in [2.45, 2.75) is 31.9 Å². The van der Waals surface area contributed by atoms with Crippen LogP contribution in [0.25, 0.3) is 0 Å². The second kappa shape index (κ2) is 5.05. The molecule has 96 valence electrons. The third kappa shape index (κ3) is 2.69. The predicted octanol–water partition coefficient (Wildman–Crippen LogP) is 2.04. The summed E-state index contributed by atoms with van der Waals surface area (Å²) >= 11 is 0. The molecule has 0 unspecified atom stereocenters. The van der Waals surface area contributed by atoms with Crippen molar-refractivity contribution in [3.05, 3.63) is 35.1 Å². The second-order valence-electron chi connectivity index (χ2n) is 5.05. The second-order valence-corrected chi connectivity index (χ2v) is 5.05. The van der Waals surface area contributed by atoms with E-state index in [2.05, 4.69) is 11.8 Å². The number of hydrogen-bond donors (Lipinski definition) is 1. The van der Waals surface area contributed by atoms with Gasteiger partial charge in [-0.3, -0.25) is 4.90 Å². The maximum absolute atomic E-state index is 13.2. The van der Waals surface area contributed by atoms with Crippen LogP contribution < -0.4 is 0 Å². The number of nitriles is 1. The number of benzene rings is 1. The fourth-order valence-electron chi connectivity index (χ4n) is 2.54. The zero-order valence-electron chi connectivity index (χ0n) is 10.5. The number of β-amino-alcohol motifs (C(OH)–C–C–N with tert-alkyl or cyclic N) is 1. The smallest absolute Gasteiger partial charge is 0.140 e. The Balaban J connectivity index is 1.95. The van der Waals surface area contributed by atoms with Crippen LogP contribution in [-0.2, 0) is 6.54 Å². The van der Waals surface area contributed by atoms with Gasteiger partial charge < -0.3 is 5.11 Å². The van der Waals surface area contributed by atoms with Gasteiger partial charge in [-0.2, -0.15) is 5.26 Å². The lowest BCUT2D eigenvalue weighted by molar-refractivity contribution is -0.106. The van der Waals surface area contributed by atoms with E-state index >= 15 is 0 Å². The molecular formula is C14H17FN2O. The van der Waals surface area contributed by atoms with E-state index in [1.807, 2.05) is 6.07 Å². The maximum atomic E-state index is 13.2. The topological polar surface area (TPSA) is 47.3 Å². The van der Waals surface area contributed by atoms with Crippen molar-refractivity contribution in [2.24, 2.45) is 0 Å². The zero-order chi connectivity index (χ0) is 13.2. The molecule has 1 fully saturated rings. The first-order valence-electron chi connectivity index (χ1n) is 6.19. The summed E-state index contributed by atoms with van der Waals surface area (Å²) in [4.78, 5) is 2.10. The van der Waals surface area contributed by atoms with Crippen LogP contribution in [0, 0.1) is 17.1 Å². The van der Waals surface area contributed by atoms with Gasteiger partial charge in [0, 0.05) is 19.6 Å². The summed E-state index contributed by atoms with van der Waals surface area (Å²) < 4.78 is 13.2. The van der Waals surface area contributed by atoms with E-state index in [1.165, 1.54) is 6.07 Å². The van der Waals surface area contributed by atoms with Crippen molar-refractivity contribution in [1.29, 1.82) is 5.26 Å². The van der Waals surface area contributed by atoms with Crippen LogP contribution in [0.1, 0.15) is 30.9 Å². The summed E-state index contributed by atoms with van der Waals surface area (Å²) in [7, 11) is 0. The zero-order valence-corrected chi connectivity index (χ0v) is 10.5. The van der Waals surface area contributed by atoms with E-state index in [0.29, 0.717) is 19.6 Å². The molecule has 18 heavy (non-hydrogen) atoms. The summed E-state index contributed by atoms with van der Waals surface area (Å²) in [6.07, 6.45) is 1.79. The molecule has 1 saturated heterocycles. The molecule has 1 aliphatic heterocycles. The molecule has 4 heteroatoms. The van der Waals surface area contributed by atoms with Crippen LogP contribution in [0.5, 0.6) is 0 Å². The SMILES string of the molecule is CCCC1(O)CN(Cc2ccc(F)c(C#N)c2)C1. The monoisotopic (exact) mass is 248 g/mol. The van der Waals surface area contributed by atoms with Crippen LogP contribution in [0.3, 0.4) is 0 Å². The number of halogens is 1. The Kier molecular flexibility index (Phi) is 3.65. The predicted molar refractivity (Wildman–Crippen MR) is 66.2 cm³/mol. The third-order valence-corrected chi connectivity index (χ3v) is 3.31. The van der Waals surface area contributed by atoms with Gasteiger partial charge in [-0.05, 0) is 24.1 Å². The molecule has 0 aromatic heterocycles. The fraction of sp³-hybridized carbons (Fsp3) is 0.500. The highest BCUT2D eigenvalue weighted by Gasteiger charge is 2.39. The molecule has 0 bridgehead atoms. The number of hydrogen-bond acceptors (Lipinski definition) is 3. The molecule has 0 radical (unpaired) electrons. The molecule has 1 N–H and O–H groups in total. The van der Waals surface area contributed by atoms with Crippen LogP contribution in [0.4, 0.5) is 4.39 Å². The molecule has 1 heterocycles. The normalized spacial score (nSPS) is 18.1. The Morgan fingerprint density at radius 3 is 2.83 bits per heavy atom. The van der Waals surface area contributed by atoms with E-state index in [0.717, 1.165) is 18.4 Å². The van der Waals surface area contributed by atoms with Crippen LogP contribution in [-0.4, -0.2) is 28.7 Å².